The summed E-state index contributed by atoms with van der Waals surface area (Å²) in [6.07, 6.45) is 8.57. The molecular weight excluding hydrogens is 229 g/mol. The Kier molecular flexibility index (Phi) is 16.0. The largest absolute Gasteiger partial charge is 0.451 e. The number of carbonyl (C=O) groups excluding carboxylic acids is 1. The molecule has 0 heterocycles. The Balaban J connectivity index is 0. The maximum absolute atomic E-state index is 10.9. The van der Waals surface area contributed by atoms with Gasteiger partial charge in [-0.3, -0.25) is 4.79 Å². The summed E-state index contributed by atoms with van der Waals surface area (Å²) in [5, 5.41) is 15.8. The lowest BCUT2D eigenvalue weighted by molar-refractivity contribution is -0.122. The maximum atomic E-state index is 10.9. The standard InChI is InChI=1S/C11H23NO.C2H7BO2/c1-3-5-6-7-8-9-10(4-2)11(12)13;1-2-3(4)5/h10H,3-9H2,1-2H3,(H2,12,13);4-5H,2H2,1H3. The van der Waals surface area contributed by atoms with Crippen molar-refractivity contribution in [2.75, 3.05) is 0 Å². The molecule has 1 amide bonds. The fraction of sp³-hybridized carbons (Fsp3) is 0.923. The molecule has 108 valence electrons. The van der Waals surface area contributed by atoms with Gasteiger partial charge in [-0.25, -0.2) is 0 Å². The fourth-order valence-electron chi connectivity index (χ4n) is 1.54. The second kappa shape index (κ2) is 14.5. The van der Waals surface area contributed by atoms with Gasteiger partial charge in [0.1, 0.15) is 0 Å². The molecule has 0 aromatic heterocycles. The second-order valence-corrected chi connectivity index (χ2v) is 4.60. The van der Waals surface area contributed by atoms with E-state index in [1.165, 1.54) is 25.7 Å². The first kappa shape index (κ1) is 19.8. The molecule has 0 spiro atoms. The van der Waals surface area contributed by atoms with Gasteiger partial charge in [0.15, 0.2) is 0 Å². The molecule has 0 fully saturated rings. The van der Waals surface area contributed by atoms with E-state index in [1.54, 1.807) is 6.92 Å². The number of hydrogen-bond acceptors (Lipinski definition) is 3. The molecule has 0 aliphatic heterocycles. The van der Waals surface area contributed by atoms with Gasteiger partial charge in [0.25, 0.3) is 0 Å². The van der Waals surface area contributed by atoms with Gasteiger partial charge in [-0.2, -0.15) is 0 Å². The molecule has 0 aromatic rings. The van der Waals surface area contributed by atoms with Crippen molar-refractivity contribution in [2.24, 2.45) is 11.7 Å². The highest BCUT2D eigenvalue weighted by Gasteiger charge is 2.11. The first-order chi connectivity index (χ1) is 8.49. The molecule has 0 saturated heterocycles. The van der Waals surface area contributed by atoms with Crippen LogP contribution in [-0.4, -0.2) is 23.1 Å². The Labute approximate surface area is 112 Å². The van der Waals surface area contributed by atoms with Gasteiger partial charge in [-0.1, -0.05) is 52.9 Å². The SMILES string of the molecule is CCB(O)O.CCCCCCCC(CC)C(N)=O. The minimum atomic E-state index is -1.12. The second-order valence-electron chi connectivity index (χ2n) is 4.60. The van der Waals surface area contributed by atoms with Crippen molar-refractivity contribution in [1.82, 2.24) is 0 Å². The molecular formula is C13H30BNO3. The van der Waals surface area contributed by atoms with Gasteiger partial charge >= 0.3 is 7.12 Å². The topological polar surface area (TPSA) is 83.6 Å². The van der Waals surface area contributed by atoms with E-state index < -0.39 is 7.12 Å². The number of nitrogens with two attached hydrogens (primary N) is 1. The lowest BCUT2D eigenvalue weighted by Gasteiger charge is -2.09. The molecule has 0 radical (unpaired) electrons. The molecule has 0 saturated carbocycles. The van der Waals surface area contributed by atoms with Crippen LogP contribution in [0, 0.1) is 5.92 Å². The van der Waals surface area contributed by atoms with Crippen molar-refractivity contribution in [1.29, 1.82) is 0 Å². The van der Waals surface area contributed by atoms with Crippen molar-refractivity contribution < 1.29 is 14.8 Å². The van der Waals surface area contributed by atoms with E-state index in [2.05, 4.69) is 6.92 Å². The van der Waals surface area contributed by atoms with E-state index >= 15 is 0 Å². The van der Waals surface area contributed by atoms with Crippen LogP contribution in [0.25, 0.3) is 0 Å². The van der Waals surface area contributed by atoms with E-state index in [0.29, 0.717) is 6.32 Å². The summed E-state index contributed by atoms with van der Waals surface area (Å²) >= 11 is 0. The first-order valence-electron chi connectivity index (χ1n) is 7.14. The Morgan fingerprint density at radius 3 is 1.94 bits per heavy atom. The predicted octanol–water partition coefficient (Wildman–Crippen LogP) is 2.34. The molecule has 0 aliphatic rings. The van der Waals surface area contributed by atoms with Crippen molar-refractivity contribution in [3.05, 3.63) is 0 Å². The fourth-order valence-corrected chi connectivity index (χ4v) is 1.54. The molecule has 5 heteroatoms. The van der Waals surface area contributed by atoms with Gasteiger partial charge in [0, 0.05) is 5.92 Å². The van der Waals surface area contributed by atoms with E-state index in [1.807, 2.05) is 6.92 Å². The van der Waals surface area contributed by atoms with Crippen LogP contribution in [-0.2, 0) is 4.79 Å². The summed E-state index contributed by atoms with van der Waals surface area (Å²) in [6, 6.07) is 0. The Bertz CT molecular complexity index is 189. The summed E-state index contributed by atoms with van der Waals surface area (Å²) in [5.41, 5.74) is 5.25. The van der Waals surface area contributed by atoms with E-state index in [4.69, 9.17) is 15.8 Å². The minimum Gasteiger partial charge on any atom is -0.427 e. The van der Waals surface area contributed by atoms with E-state index in [-0.39, 0.29) is 11.8 Å². The Morgan fingerprint density at radius 1 is 1.11 bits per heavy atom. The molecule has 4 N–H and O–H groups in total. The maximum Gasteiger partial charge on any atom is 0.451 e. The van der Waals surface area contributed by atoms with Crippen LogP contribution in [0.1, 0.15) is 65.7 Å². The summed E-state index contributed by atoms with van der Waals surface area (Å²) < 4.78 is 0. The van der Waals surface area contributed by atoms with Crippen LogP contribution in [0.4, 0.5) is 0 Å². The molecule has 18 heavy (non-hydrogen) atoms. The summed E-state index contributed by atoms with van der Waals surface area (Å²) in [5.74, 6) is -0.0142. The van der Waals surface area contributed by atoms with Crippen LogP contribution in [0.3, 0.4) is 0 Å². The van der Waals surface area contributed by atoms with Crippen LogP contribution in [0.2, 0.25) is 6.32 Å². The van der Waals surface area contributed by atoms with Gasteiger partial charge < -0.3 is 15.8 Å². The highest BCUT2D eigenvalue weighted by molar-refractivity contribution is 6.40. The lowest BCUT2D eigenvalue weighted by Crippen LogP contribution is -2.22. The molecule has 0 aliphatic carbocycles. The van der Waals surface area contributed by atoms with Gasteiger partial charge in [-0.05, 0) is 19.2 Å². The van der Waals surface area contributed by atoms with Crippen LogP contribution >= 0.6 is 0 Å². The number of unbranched alkanes of at least 4 members (excludes halogenated alkanes) is 4. The number of primary amides is 1. The summed E-state index contributed by atoms with van der Waals surface area (Å²) in [4.78, 5) is 10.9. The molecule has 4 nitrogen and oxygen atoms in total. The first-order valence-corrected chi connectivity index (χ1v) is 7.14. The molecule has 1 unspecified atom stereocenters. The van der Waals surface area contributed by atoms with Crippen LogP contribution in [0.5, 0.6) is 0 Å². The smallest absolute Gasteiger partial charge is 0.427 e. The highest BCUT2D eigenvalue weighted by Crippen LogP contribution is 2.13. The molecule has 0 aromatic carbocycles. The van der Waals surface area contributed by atoms with Crippen LogP contribution < -0.4 is 5.73 Å². The zero-order valence-electron chi connectivity index (χ0n) is 12.2. The average Bonchev–Trinajstić information content (AvgIpc) is 2.34. The van der Waals surface area contributed by atoms with Crippen molar-refractivity contribution in [3.63, 3.8) is 0 Å². The zero-order valence-corrected chi connectivity index (χ0v) is 12.2. The minimum absolute atomic E-state index is 0.113. The number of amides is 1. The number of carbonyl (C=O) groups is 1. The zero-order chi connectivity index (χ0) is 14.4. The summed E-state index contributed by atoms with van der Waals surface area (Å²) in [7, 11) is -1.12. The molecule has 0 rings (SSSR count). The predicted molar refractivity (Wildman–Crippen MR) is 77.0 cm³/mol. The van der Waals surface area contributed by atoms with Gasteiger partial charge in [-0.15, -0.1) is 0 Å². The monoisotopic (exact) mass is 259 g/mol. The Morgan fingerprint density at radius 2 is 1.61 bits per heavy atom. The average molecular weight is 259 g/mol. The van der Waals surface area contributed by atoms with Crippen molar-refractivity contribution >= 4 is 13.0 Å². The Hall–Kier alpha value is -0.545. The number of hydrogen-bond donors (Lipinski definition) is 3. The van der Waals surface area contributed by atoms with Gasteiger partial charge in [0.2, 0.25) is 5.91 Å². The molecule has 0 bridgehead atoms. The number of rotatable bonds is 9. The third-order valence-electron chi connectivity index (χ3n) is 2.92. The highest BCUT2D eigenvalue weighted by atomic mass is 16.4. The van der Waals surface area contributed by atoms with E-state index in [9.17, 15) is 4.79 Å². The normalized spacial score (nSPS) is 11.4. The van der Waals surface area contributed by atoms with E-state index in [0.717, 1.165) is 19.3 Å². The van der Waals surface area contributed by atoms with Crippen molar-refractivity contribution in [3.8, 4) is 0 Å². The third-order valence-corrected chi connectivity index (χ3v) is 2.92. The lowest BCUT2D eigenvalue weighted by atomic mass is 9.88. The molecule has 1 atom stereocenters. The summed E-state index contributed by atoms with van der Waals surface area (Å²) in [6.45, 7) is 5.93. The van der Waals surface area contributed by atoms with Gasteiger partial charge in [0.05, 0.1) is 0 Å². The quantitative estimate of drug-likeness (QED) is 0.439. The third kappa shape index (κ3) is 15.5. The van der Waals surface area contributed by atoms with Crippen LogP contribution in [0.15, 0.2) is 0 Å². The van der Waals surface area contributed by atoms with Crippen molar-refractivity contribution in [2.45, 2.75) is 72.0 Å².